The van der Waals surface area contributed by atoms with E-state index in [0.29, 0.717) is 16.2 Å². The second-order valence-corrected chi connectivity index (χ2v) is 11.4. The van der Waals surface area contributed by atoms with Gasteiger partial charge in [0.05, 0.1) is 16.9 Å². The molecule has 8 heteroatoms. The summed E-state index contributed by atoms with van der Waals surface area (Å²) in [6, 6.07) is 33.1. The highest BCUT2D eigenvalue weighted by atomic mass is 31.2. The Labute approximate surface area is 211 Å². The minimum absolute atomic E-state index is 0.241. The third kappa shape index (κ3) is 4.47. The molecule has 0 amide bonds. The third-order valence-electron chi connectivity index (χ3n) is 6.26. The number of rotatable bonds is 6. The molecule has 0 saturated carbocycles. The van der Waals surface area contributed by atoms with Crippen molar-refractivity contribution in [2.45, 2.75) is 11.8 Å². The van der Waals surface area contributed by atoms with Crippen molar-refractivity contribution in [2.24, 2.45) is 0 Å². The van der Waals surface area contributed by atoms with Crippen LogP contribution in [0, 0.1) is 0 Å². The molecule has 186 valence electrons. The maximum Gasteiger partial charge on any atom is 0.433 e. The number of alkyl halides is 3. The summed E-state index contributed by atoms with van der Waals surface area (Å²) in [7, 11) is -3.91. The van der Waals surface area contributed by atoms with E-state index in [9.17, 15) is 18.0 Å². The zero-order chi connectivity index (χ0) is 26.0. The van der Waals surface area contributed by atoms with Crippen molar-refractivity contribution in [2.75, 3.05) is 0 Å². The van der Waals surface area contributed by atoms with Crippen molar-refractivity contribution >= 4 is 17.8 Å². The number of aromatic amines is 1. The van der Waals surface area contributed by atoms with Gasteiger partial charge in [0.1, 0.15) is 5.69 Å². The van der Waals surface area contributed by atoms with Crippen LogP contribution in [0.2, 0.25) is 0 Å². The number of nitrogens with one attached hydrogen (secondary N) is 1. The Bertz CT molecular complexity index is 1550. The molecule has 0 aliphatic heterocycles. The van der Waals surface area contributed by atoms with Gasteiger partial charge in [0.15, 0.2) is 7.14 Å². The number of para-hydroxylation sites is 1. The van der Waals surface area contributed by atoms with E-state index >= 15 is 4.57 Å². The molecular weight excluding hydrogens is 496 g/mol. The van der Waals surface area contributed by atoms with Crippen molar-refractivity contribution in [1.29, 1.82) is 0 Å². The van der Waals surface area contributed by atoms with Crippen LogP contribution in [0.4, 0.5) is 13.2 Å². The van der Waals surface area contributed by atoms with E-state index in [1.165, 1.54) is 12.1 Å². The van der Waals surface area contributed by atoms with Crippen molar-refractivity contribution in [3.8, 4) is 5.69 Å². The molecule has 0 aliphatic carbocycles. The van der Waals surface area contributed by atoms with Gasteiger partial charge in [-0.2, -0.15) is 13.2 Å². The fraction of sp³-hybridized carbons (Fsp3) is 0.0690. The van der Waals surface area contributed by atoms with Gasteiger partial charge >= 0.3 is 6.18 Å². The fourth-order valence-electron chi connectivity index (χ4n) is 4.62. The summed E-state index contributed by atoms with van der Waals surface area (Å²) in [5.41, 5.74) is -3.52. The lowest BCUT2D eigenvalue weighted by Crippen LogP contribution is -2.27. The van der Waals surface area contributed by atoms with Crippen LogP contribution in [-0.2, 0) is 10.7 Å². The Hall–Kier alpha value is -4.09. The first-order valence-electron chi connectivity index (χ1n) is 11.5. The minimum Gasteiger partial charge on any atom is -0.313 e. The quantitative estimate of drug-likeness (QED) is 0.269. The van der Waals surface area contributed by atoms with Crippen LogP contribution in [0.1, 0.15) is 22.5 Å². The van der Waals surface area contributed by atoms with Crippen LogP contribution in [0.5, 0.6) is 0 Å². The van der Waals surface area contributed by atoms with Gasteiger partial charge in [-0.3, -0.25) is 9.89 Å². The van der Waals surface area contributed by atoms with Crippen molar-refractivity contribution in [3.05, 3.63) is 149 Å². The summed E-state index contributed by atoms with van der Waals surface area (Å²) in [5.74, 6) is 0. The van der Waals surface area contributed by atoms with Gasteiger partial charge in [0, 0.05) is 10.6 Å². The van der Waals surface area contributed by atoms with E-state index in [1.54, 1.807) is 109 Å². The first-order valence-corrected chi connectivity index (χ1v) is 13.3. The summed E-state index contributed by atoms with van der Waals surface area (Å²) in [6.07, 6.45) is -4.90. The Morgan fingerprint density at radius 1 is 0.676 bits per heavy atom. The van der Waals surface area contributed by atoms with Gasteiger partial charge in [0.25, 0.3) is 5.56 Å². The van der Waals surface area contributed by atoms with Crippen LogP contribution >= 0.6 is 7.14 Å². The number of benzene rings is 4. The van der Waals surface area contributed by atoms with E-state index in [-0.39, 0.29) is 5.69 Å². The molecule has 0 saturated heterocycles. The first-order chi connectivity index (χ1) is 17.8. The van der Waals surface area contributed by atoms with E-state index in [4.69, 9.17) is 0 Å². The van der Waals surface area contributed by atoms with Gasteiger partial charge in [0.2, 0.25) is 0 Å². The van der Waals surface area contributed by atoms with Crippen LogP contribution in [0.15, 0.2) is 126 Å². The minimum atomic E-state index is -4.90. The number of H-pyrrole nitrogens is 1. The Kier molecular flexibility index (Phi) is 6.48. The van der Waals surface area contributed by atoms with Crippen LogP contribution in [0.25, 0.3) is 5.69 Å². The smallest absolute Gasteiger partial charge is 0.313 e. The zero-order valence-corrected chi connectivity index (χ0v) is 20.4. The summed E-state index contributed by atoms with van der Waals surface area (Å²) in [6.45, 7) is 0. The predicted octanol–water partition coefficient (Wildman–Crippen LogP) is 6.29. The Morgan fingerprint density at radius 2 is 1.11 bits per heavy atom. The maximum atomic E-state index is 15.4. The van der Waals surface area contributed by atoms with Gasteiger partial charge < -0.3 is 4.57 Å². The molecule has 1 aromatic heterocycles. The largest absolute Gasteiger partial charge is 0.433 e. The molecule has 37 heavy (non-hydrogen) atoms. The lowest BCUT2D eigenvalue weighted by atomic mass is 10.0. The monoisotopic (exact) mass is 518 g/mol. The average molecular weight is 518 g/mol. The zero-order valence-electron chi connectivity index (χ0n) is 19.5. The molecule has 1 unspecified atom stereocenters. The van der Waals surface area contributed by atoms with Gasteiger partial charge in [-0.1, -0.05) is 109 Å². The normalized spacial score (nSPS) is 12.8. The Morgan fingerprint density at radius 3 is 1.57 bits per heavy atom. The molecule has 4 nitrogen and oxygen atoms in total. The molecule has 0 fully saturated rings. The lowest BCUT2D eigenvalue weighted by Gasteiger charge is -2.29. The molecule has 5 aromatic rings. The number of hydrogen-bond acceptors (Lipinski definition) is 2. The summed E-state index contributed by atoms with van der Waals surface area (Å²) in [4.78, 5) is 13.9. The fourth-order valence-corrected chi connectivity index (χ4v) is 7.94. The highest BCUT2D eigenvalue weighted by Crippen LogP contribution is 2.60. The molecule has 1 N–H and O–H groups in total. The van der Waals surface area contributed by atoms with E-state index in [1.807, 2.05) is 0 Å². The molecule has 0 aliphatic rings. The van der Waals surface area contributed by atoms with Crippen molar-refractivity contribution < 1.29 is 17.7 Å². The van der Waals surface area contributed by atoms with Crippen LogP contribution in [0.3, 0.4) is 0 Å². The molecule has 1 atom stereocenters. The van der Waals surface area contributed by atoms with Crippen molar-refractivity contribution in [3.63, 3.8) is 0 Å². The Balaban J connectivity index is 1.91. The summed E-state index contributed by atoms with van der Waals surface area (Å²) >= 11 is 0. The van der Waals surface area contributed by atoms with Crippen LogP contribution in [-0.4, -0.2) is 9.78 Å². The lowest BCUT2D eigenvalue weighted by molar-refractivity contribution is -0.141. The second-order valence-electron chi connectivity index (χ2n) is 8.52. The molecule has 5 rings (SSSR count). The molecule has 0 radical (unpaired) electrons. The van der Waals surface area contributed by atoms with E-state index < -0.39 is 35.8 Å². The molecule has 0 spiro atoms. The topological polar surface area (TPSA) is 54.9 Å². The predicted molar refractivity (Wildman–Crippen MR) is 139 cm³/mol. The SMILES string of the molecule is O=c1c(C(c2ccccc2)P(=O)(c2ccccc2)c2ccccc2)c(C(F)(F)F)[nH]n1-c1ccccc1. The highest BCUT2D eigenvalue weighted by Gasteiger charge is 2.47. The number of aromatic nitrogens is 2. The molecule has 1 heterocycles. The standard InChI is InChI=1S/C29H22F3N2O2P/c30-29(31,32)27-25(28(35)34(33-27)22-15-7-2-8-16-22)26(21-13-5-1-6-14-21)37(36,23-17-9-3-10-18-23)24-19-11-4-12-20-24/h1-20,26,33H. The number of halogens is 3. The highest BCUT2D eigenvalue weighted by molar-refractivity contribution is 7.79. The molecule has 0 bridgehead atoms. The maximum absolute atomic E-state index is 15.4. The molecule has 4 aromatic carbocycles. The second kappa shape index (κ2) is 9.75. The van der Waals surface area contributed by atoms with E-state index in [0.717, 1.165) is 4.68 Å². The van der Waals surface area contributed by atoms with Crippen molar-refractivity contribution in [1.82, 2.24) is 9.78 Å². The average Bonchev–Trinajstić information content (AvgIpc) is 3.28. The van der Waals surface area contributed by atoms with Gasteiger partial charge in [-0.15, -0.1) is 0 Å². The number of hydrogen-bond donors (Lipinski definition) is 1. The first kappa shape index (κ1) is 24.6. The van der Waals surface area contributed by atoms with Crippen LogP contribution < -0.4 is 16.2 Å². The summed E-state index contributed by atoms with van der Waals surface area (Å²) < 4.78 is 59.9. The summed E-state index contributed by atoms with van der Waals surface area (Å²) in [5, 5.41) is 3.00. The van der Waals surface area contributed by atoms with E-state index in [2.05, 4.69) is 5.10 Å². The number of nitrogens with zero attached hydrogens (tertiary/aromatic N) is 1. The van der Waals surface area contributed by atoms with Gasteiger partial charge in [-0.05, 0) is 17.7 Å². The van der Waals surface area contributed by atoms with Gasteiger partial charge in [-0.25, -0.2) is 4.68 Å². The third-order valence-corrected chi connectivity index (χ3v) is 9.67. The molecular formula is C29H22F3N2O2P.